The van der Waals surface area contributed by atoms with E-state index in [4.69, 9.17) is 9.84 Å². The van der Waals surface area contributed by atoms with Gasteiger partial charge in [-0.05, 0) is 88.9 Å². The number of ether oxygens (including phenoxy) is 1. The highest BCUT2D eigenvalue weighted by Crippen LogP contribution is 2.51. The molecule has 0 saturated carbocycles. The van der Waals surface area contributed by atoms with Crippen LogP contribution in [0.15, 0.2) is 82.3 Å². The van der Waals surface area contributed by atoms with Crippen LogP contribution in [0.3, 0.4) is 0 Å². The molecule has 0 radical (unpaired) electrons. The van der Waals surface area contributed by atoms with Crippen molar-refractivity contribution in [3.8, 4) is 0 Å². The maximum absolute atomic E-state index is 12.1. The lowest BCUT2D eigenvalue weighted by Crippen LogP contribution is -2.30. The lowest BCUT2D eigenvalue weighted by Gasteiger charge is -2.30. The van der Waals surface area contributed by atoms with Gasteiger partial charge in [-0.3, -0.25) is 9.35 Å². The van der Waals surface area contributed by atoms with Gasteiger partial charge in [0.15, 0.2) is 5.71 Å². The van der Waals surface area contributed by atoms with Crippen LogP contribution in [0, 0.1) is 0 Å². The zero-order valence-electron chi connectivity index (χ0n) is 28.0. The average Bonchev–Trinajstić information content (AvgIpc) is 3.37. The number of rotatable bonds is 15. The summed E-state index contributed by atoms with van der Waals surface area (Å²) in [6.07, 6.45) is 12.2. The van der Waals surface area contributed by atoms with Gasteiger partial charge in [0, 0.05) is 61.2 Å². The largest absolute Gasteiger partial charge is 0.744 e. The number of carbonyl (C=O) groups is 1. The van der Waals surface area contributed by atoms with Gasteiger partial charge in [0.25, 0.3) is 10.1 Å². The summed E-state index contributed by atoms with van der Waals surface area (Å²) in [6, 6.07) is 9.08. The van der Waals surface area contributed by atoms with Gasteiger partial charge in [-0.1, -0.05) is 24.6 Å². The number of unbranched alkanes of at least 4 members (excludes halogenated alkanes) is 2. The van der Waals surface area contributed by atoms with E-state index in [1.807, 2.05) is 58.1 Å². The van der Waals surface area contributed by atoms with Crippen molar-refractivity contribution in [2.24, 2.45) is 0 Å². The lowest BCUT2D eigenvalue weighted by molar-refractivity contribution is -0.433. The summed E-state index contributed by atoms with van der Waals surface area (Å²) in [5, 5.41) is 9.04. The molecule has 13 heteroatoms. The number of hydrogen-bond acceptors (Lipinski definition) is 8. The van der Waals surface area contributed by atoms with E-state index < -0.39 is 37.0 Å². The number of fused-ring (bicyclic) bond motifs is 2. The first-order valence-corrected chi connectivity index (χ1v) is 18.7. The summed E-state index contributed by atoms with van der Waals surface area (Å²) in [5.74, 6) is -0.838. The Labute approximate surface area is 283 Å². The second-order valence-corrected chi connectivity index (χ2v) is 15.6. The standard InChI is InChI=1S/C35H44N2O9S2/c1-6-36-29-18-16-25(47(40,41)42)23-27(29)34(2,3)31(36)13-9-7-10-14-32-35(4,20-22-46-5)28-24-26(48(43,44)45)17-19-30(28)37(32)21-12-8-11-15-33(38)39/h7,9-10,13-14,16-19,23-24H,6,8,11-12,15,20-22H2,1-5H3,(H2-,38,39,40,41,42,43,44,45). The summed E-state index contributed by atoms with van der Waals surface area (Å²) < 4.78 is 76.7. The van der Waals surface area contributed by atoms with E-state index in [1.54, 1.807) is 19.2 Å². The second-order valence-electron chi connectivity index (χ2n) is 12.8. The minimum Gasteiger partial charge on any atom is -0.744 e. The lowest BCUT2D eigenvalue weighted by atomic mass is 9.78. The van der Waals surface area contributed by atoms with Crippen molar-refractivity contribution in [3.63, 3.8) is 0 Å². The first-order valence-electron chi connectivity index (χ1n) is 15.9. The van der Waals surface area contributed by atoms with Crippen LogP contribution in [0.5, 0.6) is 0 Å². The predicted octanol–water partition coefficient (Wildman–Crippen LogP) is 5.69. The maximum atomic E-state index is 12.1. The summed E-state index contributed by atoms with van der Waals surface area (Å²) >= 11 is 0. The highest BCUT2D eigenvalue weighted by atomic mass is 32.2. The van der Waals surface area contributed by atoms with Gasteiger partial charge in [-0.15, -0.1) is 0 Å². The molecule has 2 aromatic rings. The van der Waals surface area contributed by atoms with Crippen molar-refractivity contribution in [1.29, 1.82) is 0 Å². The Morgan fingerprint density at radius 1 is 0.979 bits per heavy atom. The number of aliphatic carboxylic acids is 1. The minimum atomic E-state index is -4.60. The molecule has 4 rings (SSSR count). The number of allylic oxidation sites excluding steroid dienone is 6. The van der Waals surface area contributed by atoms with E-state index in [0.717, 1.165) is 33.9 Å². The van der Waals surface area contributed by atoms with Gasteiger partial charge in [-0.25, -0.2) is 8.42 Å². The number of anilines is 1. The van der Waals surface area contributed by atoms with Crippen molar-refractivity contribution in [2.75, 3.05) is 31.7 Å². The Kier molecular flexibility index (Phi) is 11.2. The number of hydrogen-bond donors (Lipinski definition) is 2. The molecule has 2 aromatic carbocycles. The fourth-order valence-corrected chi connectivity index (χ4v) is 7.74. The minimum absolute atomic E-state index is 0.0902. The number of carboxylic acids is 1. The van der Waals surface area contributed by atoms with Crippen LogP contribution in [-0.4, -0.2) is 74.1 Å². The molecule has 0 aliphatic carbocycles. The molecule has 1 unspecified atom stereocenters. The van der Waals surface area contributed by atoms with Crippen LogP contribution >= 0.6 is 0 Å². The van der Waals surface area contributed by atoms with E-state index in [2.05, 4.69) is 9.48 Å². The van der Waals surface area contributed by atoms with Crippen LogP contribution < -0.4 is 4.90 Å². The molecule has 2 aliphatic rings. The molecule has 0 amide bonds. The highest BCUT2D eigenvalue weighted by molar-refractivity contribution is 7.86. The topological polar surface area (TPSA) is 164 Å². The molecule has 0 spiro atoms. The molecule has 2 aliphatic heterocycles. The zero-order chi connectivity index (χ0) is 35.5. The van der Waals surface area contributed by atoms with E-state index >= 15 is 0 Å². The van der Waals surface area contributed by atoms with Crippen molar-refractivity contribution in [3.05, 3.63) is 83.6 Å². The molecular formula is C35H44N2O9S2. The Morgan fingerprint density at radius 3 is 2.29 bits per heavy atom. The molecule has 0 bridgehead atoms. The Hall–Kier alpha value is -3.62. The Morgan fingerprint density at radius 2 is 1.67 bits per heavy atom. The fourth-order valence-electron chi connectivity index (χ4n) is 6.73. The Bertz CT molecular complexity index is 1910. The maximum Gasteiger partial charge on any atom is 0.303 e. The third kappa shape index (κ3) is 7.65. The van der Waals surface area contributed by atoms with Gasteiger partial charge in [0.1, 0.15) is 16.7 Å². The third-order valence-electron chi connectivity index (χ3n) is 9.28. The molecule has 11 nitrogen and oxygen atoms in total. The van der Waals surface area contributed by atoms with Crippen LogP contribution in [0.4, 0.5) is 11.4 Å². The highest BCUT2D eigenvalue weighted by Gasteiger charge is 2.45. The molecule has 2 N–H and O–H groups in total. The molecule has 0 fully saturated rings. The SMILES string of the molecule is CC[N+]1=C(C=CC=CC=C2N(CCCCCC(=O)O)c3ccc(S(=O)(=O)O)cc3C2(C)CCOC)C(C)(C)c2cc(S(=O)(=O)[O-])ccc21. The van der Waals surface area contributed by atoms with Gasteiger partial charge in [-0.2, -0.15) is 13.0 Å². The van der Waals surface area contributed by atoms with Crippen molar-refractivity contribution in [1.82, 2.24) is 0 Å². The van der Waals surface area contributed by atoms with Crippen LogP contribution in [0.25, 0.3) is 0 Å². The van der Waals surface area contributed by atoms with Gasteiger partial charge < -0.3 is 19.3 Å². The second kappa shape index (κ2) is 14.5. The predicted molar refractivity (Wildman–Crippen MR) is 183 cm³/mol. The molecule has 260 valence electrons. The molecule has 0 aromatic heterocycles. The van der Waals surface area contributed by atoms with Crippen molar-refractivity contribution in [2.45, 2.75) is 80.4 Å². The van der Waals surface area contributed by atoms with Gasteiger partial charge >= 0.3 is 5.97 Å². The average molecular weight is 701 g/mol. The molecule has 1 atom stereocenters. The zero-order valence-corrected chi connectivity index (χ0v) is 29.6. The number of methoxy groups -OCH3 is 1. The summed E-state index contributed by atoms with van der Waals surface area (Å²) in [4.78, 5) is 12.7. The van der Waals surface area contributed by atoms with E-state index in [1.165, 1.54) is 24.3 Å². The smallest absolute Gasteiger partial charge is 0.303 e. The molecule has 2 heterocycles. The monoisotopic (exact) mass is 700 g/mol. The van der Waals surface area contributed by atoms with Crippen molar-refractivity contribution < 1.29 is 45.2 Å². The first-order chi connectivity index (χ1) is 22.5. The van der Waals surface area contributed by atoms with Crippen molar-refractivity contribution >= 4 is 43.3 Å². The number of carboxylic acid groups (broad SMARTS) is 1. The molecule has 48 heavy (non-hydrogen) atoms. The molecule has 0 saturated heterocycles. The van der Waals surface area contributed by atoms with Crippen LogP contribution in [-0.2, 0) is 40.6 Å². The fraction of sp³-hybridized carbons (Fsp3) is 0.429. The summed E-state index contributed by atoms with van der Waals surface area (Å²) in [6.45, 7) is 9.60. The van der Waals surface area contributed by atoms with E-state index in [0.29, 0.717) is 45.4 Å². The number of nitrogens with zero attached hydrogens (tertiary/aromatic N) is 2. The van der Waals surface area contributed by atoms with Gasteiger partial charge in [0.05, 0.1) is 15.2 Å². The van der Waals surface area contributed by atoms with E-state index in [9.17, 15) is 30.7 Å². The van der Waals surface area contributed by atoms with Gasteiger partial charge in [0.2, 0.25) is 5.69 Å². The normalized spacial score (nSPS) is 20.0. The summed E-state index contributed by atoms with van der Waals surface area (Å²) in [7, 11) is -7.44. The van der Waals surface area contributed by atoms with E-state index in [-0.39, 0.29) is 16.2 Å². The third-order valence-corrected chi connectivity index (χ3v) is 11.0. The van der Waals surface area contributed by atoms with Crippen LogP contribution in [0.1, 0.15) is 70.9 Å². The molecular weight excluding hydrogens is 657 g/mol. The van der Waals surface area contributed by atoms with Crippen LogP contribution in [0.2, 0.25) is 0 Å². The Balaban J connectivity index is 1.70. The summed E-state index contributed by atoms with van der Waals surface area (Å²) in [5.41, 5.74) is 3.79. The number of benzene rings is 2. The first kappa shape index (κ1) is 37.2. The quantitative estimate of drug-likeness (QED) is 0.102.